The first-order chi connectivity index (χ1) is 12.3. The van der Waals surface area contributed by atoms with Gasteiger partial charge in [0.1, 0.15) is 5.75 Å². The molecule has 3 heteroatoms. The third kappa shape index (κ3) is 3.12. The number of azo groups is 1. The van der Waals surface area contributed by atoms with Crippen molar-refractivity contribution in [2.75, 3.05) is 0 Å². The maximum Gasteiger partial charge on any atom is 0.123 e. The van der Waals surface area contributed by atoms with E-state index in [1.807, 2.05) is 66.7 Å². The number of rotatable bonds is 3. The van der Waals surface area contributed by atoms with Crippen molar-refractivity contribution in [1.82, 2.24) is 0 Å². The average molecular weight is 324 g/mol. The van der Waals surface area contributed by atoms with Crippen LogP contribution in [0.4, 0.5) is 11.4 Å². The van der Waals surface area contributed by atoms with Crippen molar-refractivity contribution in [3.8, 4) is 16.9 Å². The van der Waals surface area contributed by atoms with Gasteiger partial charge in [-0.3, -0.25) is 0 Å². The van der Waals surface area contributed by atoms with Gasteiger partial charge in [0.25, 0.3) is 0 Å². The van der Waals surface area contributed by atoms with Crippen molar-refractivity contribution in [1.29, 1.82) is 0 Å². The molecule has 0 saturated heterocycles. The topological polar surface area (TPSA) is 45.0 Å². The quantitative estimate of drug-likeness (QED) is 0.422. The average Bonchev–Trinajstić information content (AvgIpc) is 2.69. The fourth-order valence-corrected chi connectivity index (χ4v) is 2.82. The molecule has 0 heterocycles. The number of phenols is 1. The summed E-state index contributed by atoms with van der Waals surface area (Å²) >= 11 is 0. The molecule has 0 amide bonds. The minimum atomic E-state index is 0.252. The predicted molar refractivity (Wildman–Crippen MR) is 102 cm³/mol. The van der Waals surface area contributed by atoms with E-state index in [0.717, 1.165) is 27.7 Å². The molecule has 0 aliphatic heterocycles. The van der Waals surface area contributed by atoms with Crippen LogP contribution in [0.5, 0.6) is 5.75 Å². The van der Waals surface area contributed by atoms with Gasteiger partial charge in [0.05, 0.1) is 11.4 Å². The second-order valence-electron chi connectivity index (χ2n) is 5.76. The number of aromatic hydroxyl groups is 1. The van der Waals surface area contributed by atoms with Crippen LogP contribution in [0.15, 0.2) is 101 Å². The van der Waals surface area contributed by atoms with Crippen LogP contribution in [0, 0.1) is 0 Å². The first kappa shape index (κ1) is 15.1. The molecule has 0 spiro atoms. The lowest BCUT2D eigenvalue weighted by atomic mass is 10.1. The monoisotopic (exact) mass is 324 g/mol. The van der Waals surface area contributed by atoms with Gasteiger partial charge in [0, 0.05) is 10.8 Å². The maximum absolute atomic E-state index is 9.95. The molecule has 0 saturated carbocycles. The number of hydrogen-bond donors (Lipinski definition) is 1. The Morgan fingerprint density at radius 2 is 1.16 bits per heavy atom. The number of nitrogens with zero attached hydrogens (tertiary/aromatic N) is 2. The molecule has 1 N–H and O–H groups in total. The molecule has 0 atom stereocenters. The van der Waals surface area contributed by atoms with Crippen molar-refractivity contribution in [2.24, 2.45) is 10.2 Å². The van der Waals surface area contributed by atoms with E-state index < -0.39 is 0 Å². The fraction of sp³-hybridized carbons (Fsp3) is 0. The Morgan fingerprint density at radius 3 is 1.92 bits per heavy atom. The molecular formula is C22H16N2O. The molecule has 120 valence electrons. The van der Waals surface area contributed by atoms with E-state index in [2.05, 4.69) is 22.4 Å². The van der Waals surface area contributed by atoms with Crippen molar-refractivity contribution >= 4 is 22.1 Å². The van der Waals surface area contributed by atoms with E-state index >= 15 is 0 Å². The van der Waals surface area contributed by atoms with Gasteiger partial charge < -0.3 is 5.11 Å². The number of fused-ring (bicyclic) bond motifs is 1. The smallest absolute Gasteiger partial charge is 0.123 e. The Labute approximate surface area is 145 Å². The molecule has 0 aliphatic carbocycles. The van der Waals surface area contributed by atoms with Gasteiger partial charge in [0.15, 0.2) is 0 Å². The largest absolute Gasteiger partial charge is 0.507 e. The van der Waals surface area contributed by atoms with Crippen LogP contribution < -0.4 is 0 Å². The van der Waals surface area contributed by atoms with E-state index in [1.165, 1.54) is 5.56 Å². The van der Waals surface area contributed by atoms with Crippen LogP contribution in [0.2, 0.25) is 0 Å². The van der Waals surface area contributed by atoms with Crippen LogP contribution in [0.1, 0.15) is 0 Å². The van der Waals surface area contributed by atoms with Crippen molar-refractivity contribution in [3.63, 3.8) is 0 Å². The summed E-state index contributed by atoms with van der Waals surface area (Å²) in [6.45, 7) is 0. The highest BCUT2D eigenvalue weighted by atomic mass is 16.3. The van der Waals surface area contributed by atoms with Crippen molar-refractivity contribution < 1.29 is 5.11 Å². The van der Waals surface area contributed by atoms with Gasteiger partial charge in [-0.05, 0) is 35.4 Å². The van der Waals surface area contributed by atoms with E-state index in [0.29, 0.717) is 0 Å². The van der Waals surface area contributed by atoms with E-state index in [-0.39, 0.29) is 5.75 Å². The lowest BCUT2D eigenvalue weighted by Crippen LogP contribution is -1.76. The SMILES string of the molecule is Oc1ccc(N=Nc2ccc(-c3ccccc3)cc2)c2ccccc12. The third-order valence-electron chi connectivity index (χ3n) is 4.13. The Morgan fingerprint density at radius 1 is 0.520 bits per heavy atom. The van der Waals surface area contributed by atoms with Crippen LogP contribution >= 0.6 is 0 Å². The molecule has 0 bridgehead atoms. The molecule has 0 unspecified atom stereocenters. The minimum Gasteiger partial charge on any atom is -0.507 e. The number of benzene rings is 4. The first-order valence-electron chi connectivity index (χ1n) is 8.09. The molecular weight excluding hydrogens is 308 g/mol. The van der Waals surface area contributed by atoms with E-state index in [9.17, 15) is 5.11 Å². The lowest BCUT2D eigenvalue weighted by Gasteiger charge is -2.03. The predicted octanol–water partition coefficient (Wildman–Crippen LogP) is 6.63. The summed E-state index contributed by atoms with van der Waals surface area (Å²) in [5, 5.41) is 20.3. The highest BCUT2D eigenvalue weighted by Gasteiger charge is 2.04. The van der Waals surface area contributed by atoms with Crippen molar-refractivity contribution in [2.45, 2.75) is 0 Å². The zero-order valence-electron chi connectivity index (χ0n) is 13.5. The van der Waals surface area contributed by atoms with Crippen LogP contribution in [-0.4, -0.2) is 5.11 Å². The molecule has 0 aliphatic rings. The Kier molecular flexibility index (Phi) is 3.97. The summed E-state index contributed by atoms with van der Waals surface area (Å²) in [6, 6.07) is 29.3. The highest BCUT2D eigenvalue weighted by Crippen LogP contribution is 2.33. The summed E-state index contributed by atoms with van der Waals surface area (Å²) in [4.78, 5) is 0. The molecule has 4 rings (SSSR count). The molecule has 4 aromatic rings. The van der Waals surface area contributed by atoms with Crippen LogP contribution in [-0.2, 0) is 0 Å². The lowest BCUT2D eigenvalue weighted by molar-refractivity contribution is 0.481. The Hall–Kier alpha value is -3.46. The maximum atomic E-state index is 9.95. The van der Waals surface area contributed by atoms with Crippen LogP contribution in [0.3, 0.4) is 0 Å². The van der Waals surface area contributed by atoms with Gasteiger partial charge in [-0.25, -0.2) is 0 Å². The van der Waals surface area contributed by atoms with Crippen molar-refractivity contribution in [3.05, 3.63) is 91.0 Å². The standard InChI is InChI=1S/C22H16N2O/c25-22-15-14-21(19-8-4-5-9-20(19)22)24-23-18-12-10-17(11-13-18)16-6-2-1-3-7-16/h1-15,25H. The van der Waals surface area contributed by atoms with Gasteiger partial charge in [-0.2, -0.15) is 5.11 Å². The Balaban J connectivity index is 1.64. The third-order valence-corrected chi connectivity index (χ3v) is 4.13. The summed E-state index contributed by atoms with van der Waals surface area (Å²) in [6.07, 6.45) is 0. The molecule has 3 nitrogen and oxygen atoms in total. The molecule has 25 heavy (non-hydrogen) atoms. The number of hydrogen-bond acceptors (Lipinski definition) is 3. The van der Waals surface area contributed by atoms with Gasteiger partial charge in [-0.1, -0.05) is 66.7 Å². The summed E-state index contributed by atoms with van der Waals surface area (Å²) in [7, 11) is 0. The second-order valence-corrected chi connectivity index (χ2v) is 5.76. The molecule has 0 radical (unpaired) electrons. The van der Waals surface area contributed by atoms with E-state index in [4.69, 9.17) is 0 Å². The molecule has 0 aromatic heterocycles. The fourth-order valence-electron chi connectivity index (χ4n) is 2.82. The number of phenolic OH excluding ortho intramolecular Hbond substituents is 1. The highest BCUT2D eigenvalue weighted by molar-refractivity contribution is 5.96. The zero-order chi connectivity index (χ0) is 17.1. The second kappa shape index (κ2) is 6.57. The van der Waals surface area contributed by atoms with Gasteiger partial charge in [0.2, 0.25) is 0 Å². The molecule has 4 aromatic carbocycles. The summed E-state index contributed by atoms with van der Waals surface area (Å²) < 4.78 is 0. The summed E-state index contributed by atoms with van der Waals surface area (Å²) in [5.74, 6) is 0.252. The zero-order valence-corrected chi connectivity index (χ0v) is 13.5. The summed E-state index contributed by atoms with van der Waals surface area (Å²) in [5.41, 5.74) is 3.85. The van der Waals surface area contributed by atoms with Gasteiger partial charge in [-0.15, -0.1) is 5.11 Å². The normalized spacial score (nSPS) is 11.2. The minimum absolute atomic E-state index is 0.252. The van der Waals surface area contributed by atoms with Crippen LogP contribution in [0.25, 0.3) is 21.9 Å². The van der Waals surface area contributed by atoms with Gasteiger partial charge >= 0.3 is 0 Å². The Bertz CT molecular complexity index is 1040. The molecule has 0 fully saturated rings. The van der Waals surface area contributed by atoms with E-state index in [1.54, 1.807) is 12.1 Å². The first-order valence-corrected chi connectivity index (χ1v) is 8.09.